The molecule has 1 aliphatic heterocycles. The molecule has 7 heteroatoms. The van der Waals surface area contributed by atoms with Gasteiger partial charge in [-0.3, -0.25) is 4.90 Å². The van der Waals surface area contributed by atoms with Crippen LogP contribution in [0.1, 0.15) is 130 Å². The highest BCUT2D eigenvalue weighted by Gasteiger charge is 2.59. The van der Waals surface area contributed by atoms with Crippen molar-refractivity contribution in [1.82, 2.24) is 35.8 Å². The van der Waals surface area contributed by atoms with E-state index < -0.39 is 0 Å². The van der Waals surface area contributed by atoms with Gasteiger partial charge in [-0.2, -0.15) is 0 Å². The number of nitrogens with zero attached hydrogens (tertiary/aromatic N) is 4. The van der Waals surface area contributed by atoms with Crippen LogP contribution in [0.3, 0.4) is 0 Å². The molecule has 7 nitrogen and oxygen atoms in total. The molecule has 5 aliphatic rings. The Morgan fingerprint density at radius 2 is 1.64 bits per heavy atom. The molecule has 0 spiro atoms. The van der Waals surface area contributed by atoms with Crippen LogP contribution < -0.4 is 16.0 Å². The van der Waals surface area contributed by atoms with Crippen molar-refractivity contribution in [3.05, 3.63) is 23.5 Å². The lowest BCUT2D eigenvalue weighted by atomic mass is 9.47. The molecule has 8 unspecified atom stereocenters. The van der Waals surface area contributed by atoms with Crippen LogP contribution >= 0.6 is 0 Å². The van der Waals surface area contributed by atoms with Crippen molar-refractivity contribution in [3.63, 3.8) is 0 Å². The average molecular weight is 650 g/mol. The van der Waals surface area contributed by atoms with Gasteiger partial charge >= 0.3 is 0 Å². The Morgan fingerprint density at radius 3 is 2.45 bits per heavy atom. The van der Waals surface area contributed by atoms with Crippen LogP contribution in [0.2, 0.25) is 0 Å². The number of hydrogen-bond donors (Lipinski definition) is 3. The van der Waals surface area contributed by atoms with E-state index in [0.29, 0.717) is 16.9 Å². The Hall–Kier alpha value is -1.28. The highest BCUT2D eigenvalue weighted by molar-refractivity contribution is 5.25. The summed E-state index contributed by atoms with van der Waals surface area (Å²) in [7, 11) is 0. The van der Waals surface area contributed by atoms with Gasteiger partial charge in [-0.05, 0) is 137 Å². The molecule has 3 N–H and O–H groups in total. The normalized spacial score (nSPS) is 37.0. The zero-order valence-electron chi connectivity index (χ0n) is 31.0. The van der Waals surface area contributed by atoms with Crippen LogP contribution in [0.15, 0.2) is 17.8 Å². The van der Waals surface area contributed by atoms with Crippen molar-refractivity contribution in [2.75, 3.05) is 52.4 Å². The molecule has 1 aromatic heterocycles. The number of nitrogens with one attached hydrogen (secondary N) is 3. The molecule has 0 radical (unpaired) electrons. The molecular formula is C40H71N7. The van der Waals surface area contributed by atoms with Gasteiger partial charge in [-0.15, -0.1) is 5.10 Å². The first-order valence-corrected chi connectivity index (χ1v) is 20.2. The minimum atomic E-state index is 0.388. The van der Waals surface area contributed by atoms with Crippen molar-refractivity contribution < 1.29 is 0 Å². The maximum absolute atomic E-state index is 4.76. The molecule has 0 amide bonds. The zero-order chi connectivity index (χ0) is 32.9. The van der Waals surface area contributed by atoms with Crippen LogP contribution in [0.25, 0.3) is 0 Å². The average Bonchev–Trinajstić information content (AvgIpc) is 3.66. The maximum atomic E-state index is 4.76. The van der Waals surface area contributed by atoms with E-state index in [1.54, 1.807) is 5.57 Å². The molecule has 2 heterocycles. The van der Waals surface area contributed by atoms with Gasteiger partial charge in [0.15, 0.2) is 0 Å². The predicted molar refractivity (Wildman–Crippen MR) is 195 cm³/mol. The Bertz CT molecular complexity index is 1130. The smallest absolute Gasteiger partial charge is 0.0967 e. The number of fused-ring (bicyclic) bond motifs is 5. The number of aromatic nitrogens is 3. The number of hydrogen-bond acceptors (Lipinski definition) is 6. The van der Waals surface area contributed by atoms with Crippen molar-refractivity contribution in [2.45, 2.75) is 131 Å². The van der Waals surface area contributed by atoms with Gasteiger partial charge in [0, 0.05) is 32.7 Å². The van der Waals surface area contributed by atoms with E-state index in [1.165, 1.54) is 83.5 Å². The fourth-order valence-electron chi connectivity index (χ4n) is 11.5. The molecule has 0 bridgehead atoms. The fraction of sp³-hybridized carbons (Fsp3) is 0.900. The van der Waals surface area contributed by atoms with Gasteiger partial charge in [0.25, 0.3) is 0 Å². The van der Waals surface area contributed by atoms with E-state index in [-0.39, 0.29) is 0 Å². The van der Waals surface area contributed by atoms with Crippen molar-refractivity contribution in [3.8, 4) is 0 Å². The molecule has 0 aromatic carbocycles. The number of rotatable bonds is 8. The topological polar surface area (TPSA) is 70.0 Å². The van der Waals surface area contributed by atoms with Gasteiger partial charge in [0.2, 0.25) is 0 Å². The lowest BCUT2D eigenvalue weighted by molar-refractivity contribution is -0.0525. The van der Waals surface area contributed by atoms with Gasteiger partial charge in [-0.1, -0.05) is 70.7 Å². The Kier molecular flexibility index (Phi) is 12.2. The summed E-state index contributed by atoms with van der Waals surface area (Å²) in [6.07, 6.45) is 22.6. The summed E-state index contributed by atoms with van der Waals surface area (Å²) in [5, 5.41) is 20.3. The molecule has 4 fully saturated rings. The van der Waals surface area contributed by atoms with E-state index in [1.807, 2.05) is 0 Å². The molecule has 6 rings (SSSR count). The minimum Gasteiger partial charge on any atom is -0.315 e. The minimum absolute atomic E-state index is 0.388. The largest absolute Gasteiger partial charge is 0.315 e. The second kappa shape index (κ2) is 16.2. The Balaban J connectivity index is 1.05. The van der Waals surface area contributed by atoms with Gasteiger partial charge in [0.1, 0.15) is 0 Å². The third kappa shape index (κ3) is 8.21. The summed E-state index contributed by atoms with van der Waals surface area (Å²) in [5.41, 5.74) is 3.85. The van der Waals surface area contributed by atoms with Gasteiger partial charge < -0.3 is 16.0 Å². The zero-order valence-corrected chi connectivity index (χ0v) is 31.0. The summed E-state index contributed by atoms with van der Waals surface area (Å²) in [6, 6.07) is 0.460. The highest BCUT2D eigenvalue weighted by atomic mass is 15.4. The molecule has 8 atom stereocenters. The van der Waals surface area contributed by atoms with Crippen LogP contribution in [-0.4, -0.2) is 72.3 Å². The fourth-order valence-corrected chi connectivity index (χ4v) is 11.5. The van der Waals surface area contributed by atoms with E-state index in [9.17, 15) is 0 Å². The first kappa shape index (κ1) is 35.5. The van der Waals surface area contributed by atoms with E-state index >= 15 is 0 Å². The standard InChI is InChI=1S/C40H71N7/c1-30(2)9-6-10-31(3)36-13-14-37-35-12-11-32-27-34(15-17-39(32,4)38(35)16-18-40(36,37)5)47-29-33(44-45-47)28-46-25-8-21-42-23-22-41-19-7-20-43-24-26-46/h11,29-31,34-38,41-43H,6-10,12-28H2,1-5H3. The first-order valence-electron chi connectivity index (χ1n) is 20.2. The predicted octanol–water partition coefficient (Wildman–Crippen LogP) is 7.23. The molecular weight excluding hydrogens is 578 g/mol. The number of allylic oxidation sites excluding steroid dienone is 2. The van der Waals surface area contributed by atoms with Crippen molar-refractivity contribution >= 4 is 0 Å². The molecule has 3 saturated carbocycles. The van der Waals surface area contributed by atoms with Crippen LogP contribution in [0, 0.1) is 46.3 Å². The van der Waals surface area contributed by atoms with E-state index in [4.69, 9.17) is 10.3 Å². The summed E-state index contributed by atoms with van der Waals surface area (Å²) < 4.78 is 2.25. The summed E-state index contributed by atoms with van der Waals surface area (Å²) in [6.45, 7) is 22.3. The second-order valence-corrected chi connectivity index (χ2v) is 17.6. The summed E-state index contributed by atoms with van der Waals surface area (Å²) in [4.78, 5) is 2.58. The molecule has 1 saturated heterocycles. The monoisotopic (exact) mass is 650 g/mol. The quantitative estimate of drug-likeness (QED) is 0.258. The SMILES string of the molecule is CC(C)CCCC(C)C1CCC2C3CC=C4CC(n5cc(CN6CCCNCCNCCCNCC6)nn5)CCC4(C)C3CCC12C. The lowest BCUT2D eigenvalue weighted by Crippen LogP contribution is -2.50. The third-order valence-electron chi connectivity index (χ3n) is 14.2. The molecule has 47 heavy (non-hydrogen) atoms. The second-order valence-electron chi connectivity index (χ2n) is 17.6. The summed E-state index contributed by atoms with van der Waals surface area (Å²) >= 11 is 0. The molecule has 266 valence electrons. The first-order chi connectivity index (χ1) is 22.8. The Labute approximate surface area is 288 Å². The van der Waals surface area contributed by atoms with Gasteiger partial charge in [-0.25, -0.2) is 4.68 Å². The highest BCUT2D eigenvalue weighted by Crippen LogP contribution is 2.67. The van der Waals surface area contributed by atoms with E-state index in [2.05, 4.69) is 72.4 Å². The Morgan fingerprint density at radius 1 is 0.851 bits per heavy atom. The molecule has 4 aliphatic carbocycles. The van der Waals surface area contributed by atoms with Crippen molar-refractivity contribution in [1.29, 1.82) is 0 Å². The van der Waals surface area contributed by atoms with Crippen LogP contribution in [0.5, 0.6) is 0 Å². The van der Waals surface area contributed by atoms with E-state index in [0.717, 1.165) is 100 Å². The van der Waals surface area contributed by atoms with Gasteiger partial charge in [0.05, 0.1) is 17.9 Å². The molecule has 1 aromatic rings. The third-order valence-corrected chi connectivity index (χ3v) is 14.2. The summed E-state index contributed by atoms with van der Waals surface area (Å²) in [5.74, 6) is 5.40. The van der Waals surface area contributed by atoms with Crippen LogP contribution in [-0.2, 0) is 6.54 Å². The lowest BCUT2D eigenvalue weighted by Gasteiger charge is -2.58. The van der Waals surface area contributed by atoms with Crippen molar-refractivity contribution in [2.24, 2.45) is 46.3 Å². The maximum Gasteiger partial charge on any atom is 0.0967 e. The van der Waals surface area contributed by atoms with Crippen LogP contribution in [0.4, 0.5) is 0 Å².